The quantitative estimate of drug-likeness (QED) is 0.730. The number of carbonyl (C=O) groups excluding carboxylic acids is 2. The van der Waals surface area contributed by atoms with E-state index in [1.54, 1.807) is 0 Å². The number of rotatable bonds is 6. The van der Waals surface area contributed by atoms with Crippen molar-refractivity contribution < 1.29 is 22.7 Å². The van der Waals surface area contributed by atoms with Gasteiger partial charge in [0.05, 0.1) is 10.5 Å². The smallest absolute Gasteiger partial charge is 0.338 e. The fourth-order valence-electron chi connectivity index (χ4n) is 3.90. The highest BCUT2D eigenvalue weighted by atomic mass is 32.2. The number of carbonyl (C=O) groups is 2. The normalized spacial score (nSPS) is 21.4. The van der Waals surface area contributed by atoms with Crippen molar-refractivity contribution in [3.63, 3.8) is 0 Å². The van der Waals surface area contributed by atoms with Crippen molar-refractivity contribution >= 4 is 21.9 Å². The van der Waals surface area contributed by atoms with E-state index in [9.17, 15) is 18.0 Å². The van der Waals surface area contributed by atoms with E-state index in [0.29, 0.717) is 6.54 Å². The predicted molar refractivity (Wildman–Crippen MR) is 104 cm³/mol. The number of amides is 1. The second-order valence-electron chi connectivity index (χ2n) is 7.61. The standard InChI is InChI=1S/C20H28N2O5S/c1-15-7-4-5-12-22(15)28(25,26)18-11-6-8-16(13-18)20(24)27-14-19(23)21-17-9-2-3-10-17/h6,8,11,13,15,17H,2-5,7,9-10,12,14H2,1H3,(H,21,23)/t15-/m0/s1. The van der Waals surface area contributed by atoms with E-state index in [4.69, 9.17) is 4.74 Å². The first-order valence-corrected chi connectivity index (χ1v) is 11.4. The van der Waals surface area contributed by atoms with Crippen molar-refractivity contribution in [2.75, 3.05) is 13.2 Å². The molecule has 1 saturated heterocycles. The van der Waals surface area contributed by atoms with Crippen LogP contribution in [-0.4, -0.2) is 49.8 Å². The molecule has 1 aliphatic carbocycles. The highest BCUT2D eigenvalue weighted by Crippen LogP contribution is 2.25. The molecule has 0 radical (unpaired) electrons. The lowest BCUT2D eigenvalue weighted by molar-refractivity contribution is -0.124. The summed E-state index contributed by atoms with van der Waals surface area (Å²) in [5.74, 6) is -1.03. The molecule has 2 aliphatic rings. The highest BCUT2D eigenvalue weighted by molar-refractivity contribution is 7.89. The fraction of sp³-hybridized carbons (Fsp3) is 0.600. The molecule has 1 saturated carbocycles. The Balaban J connectivity index is 1.63. The average Bonchev–Trinajstić information content (AvgIpc) is 3.19. The van der Waals surface area contributed by atoms with E-state index >= 15 is 0 Å². The first kappa shape index (κ1) is 20.8. The van der Waals surface area contributed by atoms with Crippen LogP contribution >= 0.6 is 0 Å². The summed E-state index contributed by atoms with van der Waals surface area (Å²) in [6.07, 6.45) is 6.78. The second-order valence-corrected chi connectivity index (χ2v) is 9.50. The molecular weight excluding hydrogens is 380 g/mol. The Hall–Kier alpha value is -1.93. The van der Waals surface area contributed by atoms with Gasteiger partial charge in [0.2, 0.25) is 10.0 Å². The van der Waals surface area contributed by atoms with Crippen LogP contribution in [0.1, 0.15) is 62.2 Å². The van der Waals surface area contributed by atoms with Crippen molar-refractivity contribution in [3.05, 3.63) is 29.8 Å². The van der Waals surface area contributed by atoms with Gasteiger partial charge >= 0.3 is 5.97 Å². The molecule has 1 heterocycles. The molecule has 1 atom stereocenters. The van der Waals surface area contributed by atoms with Crippen molar-refractivity contribution in [3.8, 4) is 0 Å². The van der Waals surface area contributed by atoms with Crippen molar-refractivity contribution in [1.29, 1.82) is 0 Å². The molecule has 154 valence electrons. The third kappa shape index (κ3) is 4.91. The lowest BCUT2D eigenvalue weighted by atomic mass is 10.1. The van der Waals surface area contributed by atoms with Crippen LogP contribution in [0.3, 0.4) is 0 Å². The third-order valence-electron chi connectivity index (χ3n) is 5.47. The van der Waals surface area contributed by atoms with E-state index in [1.165, 1.54) is 28.6 Å². The van der Waals surface area contributed by atoms with E-state index in [0.717, 1.165) is 44.9 Å². The first-order valence-electron chi connectivity index (χ1n) is 9.96. The van der Waals surface area contributed by atoms with Gasteiger partial charge in [-0.25, -0.2) is 13.2 Å². The monoisotopic (exact) mass is 408 g/mol. The zero-order valence-electron chi connectivity index (χ0n) is 16.2. The van der Waals surface area contributed by atoms with Crippen LogP contribution in [0.5, 0.6) is 0 Å². The number of hydrogen-bond acceptors (Lipinski definition) is 5. The SMILES string of the molecule is C[C@H]1CCCCN1S(=O)(=O)c1cccc(C(=O)OCC(=O)NC2CCCC2)c1. The number of nitrogens with zero attached hydrogens (tertiary/aromatic N) is 1. The Morgan fingerprint density at radius 3 is 2.57 bits per heavy atom. The summed E-state index contributed by atoms with van der Waals surface area (Å²) >= 11 is 0. The molecule has 0 unspecified atom stereocenters. The first-order chi connectivity index (χ1) is 13.4. The van der Waals surface area contributed by atoms with Crippen molar-refractivity contribution in [2.24, 2.45) is 0 Å². The zero-order valence-corrected chi connectivity index (χ0v) is 17.0. The fourth-order valence-corrected chi connectivity index (χ4v) is 5.65. The summed E-state index contributed by atoms with van der Waals surface area (Å²) in [5.41, 5.74) is 0.124. The van der Waals surface area contributed by atoms with Gasteiger partial charge in [-0.15, -0.1) is 0 Å². The van der Waals surface area contributed by atoms with E-state index in [-0.39, 0.29) is 35.1 Å². The van der Waals surface area contributed by atoms with E-state index in [1.807, 2.05) is 6.92 Å². The van der Waals surface area contributed by atoms with Gasteiger partial charge in [0, 0.05) is 18.6 Å². The maximum Gasteiger partial charge on any atom is 0.338 e. The Morgan fingerprint density at radius 2 is 1.86 bits per heavy atom. The van der Waals surface area contributed by atoms with Crippen molar-refractivity contribution in [1.82, 2.24) is 9.62 Å². The molecule has 1 amide bonds. The minimum Gasteiger partial charge on any atom is -0.452 e. The summed E-state index contributed by atoms with van der Waals surface area (Å²) in [6.45, 7) is 2.02. The van der Waals surface area contributed by atoms with Crippen LogP contribution in [0.4, 0.5) is 0 Å². The average molecular weight is 409 g/mol. The van der Waals surface area contributed by atoms with Crippen LogP contribution in [0.2, 0.25) is 0 Å². The largest absolute Gasteiger partial charge is 0.452 e. The molecule has 28 heavy (non-hydrogen) atoms. The number of ether oxygens (including phenoxy) is 1. The van der Waals surface area contributed by atoms with Gasteiger partial charge in [-0.2, -0.15) is 4.31 Å². The van der Waals surface area contributed by atoms with Crippen molar-refractivity contribution in [2.45, 2.75) is 68.8 Å². The number of benzene rings is 1. The van der Waals surface area contributed by atoms with Gasteiger partial charge in [-0.3, -0.25) is 4.79 Å². The van der Waals surface area contributed by atoms with Gasteiger partial charge in [-0.1, -0.05) is 25.3 Å². The summed E-state index contributed by atoms with van der Waals surface area (Å²) in [6, 6.07) is 5.93. The Bertz CT molecular complexity index is 818. The summed E-state index contributed by atoms with van der Waals surface area (Å²) < 4.78 is 32.5. The maximum atomic E-state index is 12.9. The number of nitrogens with one attached hydrogen (secondary N) is 1. The Morgan fingerprint density at radius 1 is 1.14 bits per heavy atom. The predicted octanol–water partition coefficient (Wildman–Crippen LogP) is 2.47. The van der Waals surface area contributed by atoms with E-state index < -0.39 is 16.0 Å². The molecule has 7 nitrogen and oxygen atoms in total. The minimum atomic E-state index is -3.67. The minimum absolute atomic E-state index is 0.0614. The summed E-state index contributed by atoms with van der Waals surface area (Å²) in [4.78, 5) is 24.3. The van der Waals surface area contributed by atoms with Gasteiger partial charge in [0.25, 0.3) is 5.91 Å². The van der Waals surface area contributed by atoms with Crippen LogP contribution in [0.15, 0.2) is 29.2 Å². The Labute approximate surface area is 166 Å². The molecule has 1 aromatic carbocycles. The second kappa shape index (κ2) is 9.05. The summed E-state index contributed by atoms with van der Waals surface area (Å²) in [5, 5.41) is 2.85. The molecule has 0 bridgehead atoms. The molecule has 2 fully saturated rings. The van der Waals surface area contributed by atoms with Crippen LogP contribution in [0, 0.1) is 0 Å². The zero-order chi connectivity index (χ0) is 20.1. The molecule has 1 aliphatic heterocycles. The molecule has 8 heteroatoms. The number of piperidine rings is 1. The molecule has 0 spiro atoms. The molecule has 1 aromatic rings. The van der Waals surface area contributed by atoms with Gasteiger partial charge < -0.3 is 10.1 Å². The maximum absolute atomic E-state index is 12.9. The van der Waals surface area contributed by atoms with Crippen LogP contribution < -0.4 is 5.32 Å². The molecule has 0 aromatic heterocycles. The lowest BCUT2D eigenvalue weighted by Crippen LogP contribution is -2.41. The molecular formula is C20H28N2O5S. The lowest BCUT2D eigenvalue weighted by Gasteiger charge is -2.32. The molecule has 1 N–H and O–H groups in total. The summed E-state index contributed by atoms with van der Waals surface area (Å²) in [7, 11) is -3.67. The van der Waals surface area contributed by atoms with E-state index in [2.05, 4.69) is 5.32 Å². The number of hydrogen-bond donors (Lipinski definition) is 1. The van der Waals surface area contributed by atoms with Gasteiger partial charge in [-0.05, 0) is 50.8 Å². The Kier molecular flexibility index (Phi) is 6.72. The third-order valence-corrected chi connectivity index (χ3v) is 7.48. The van der Waals surface area contributed by atoms with Gasteiger partial charge in [0.1, 0.15) is 0 Å². The van der Waals surface area contributed by atoms with Crippen LogP contribution in [0.25, 0.3) is 0 Å². The topological polar surface area (TPSA) is 92.8 Å². The highest BCUT2D eigenvalue weighted by Gasteiger charge is 2.31. The van der Waals surface area contributed by atoms with Crippen LogP contribution in [-0.2, 0) is 19.6 Å². The number of sulfonamides is 1. The van der Waals surface area contributed by atoms with Gasteiger partial charge in [0.15, 0.2) is 6.61 Å². The molecule has 3 rings (SSSR count). The number of esters is 1.